The molecule has 0 aliphatic carbocycles. The molecule has 0 atom stereocenters. The van der Waals surface area contributed by atoms with Gasteiger partial charge in [-0.1, -0.05) is 48.5 Å². The van der Waals surface area contributed by atoms with Crippen LogP contribution in [0.25, 0.3) is 49.8 Å². The highest BCUT2D eigenvalue weighted by atomic mass is 14.9. The summed E-state index contributed by atoms with van der Waals surface area (Å²) in [5.41, 5.74) is 6.98. The molecule has 0 saturated heterocycles. The lowest BCUT2D eigenvalue weighted by atomic mass is 10.1. The molecule has 0 aliphatic heterocycles. The molecule has 0 spiro atoms. The van der Waals surface area contributed by atoms with Crippen LogP contribution in [0, 0.1) is 0 Å². The predicted molar refractivity (Wildman–Crippen MR) is 112 cm³/mol. The topological polar surface area (TPSA) is 36.0 Å². The molecule has 4 heterocycles. The highest BCUT2D eigenvalue weighted by Gasteiger charge is 2.16. The van der Waals surface area contributed by atoms with E-state index < -0.39 is 0 Å². The fraction of sp³-hybridized carbons (Fsp3) is 0. The highest BCUT2D eigenvalue weighted by Crippen LogP contribution is 2.38. The number of pyridine rings is 1. The van der Waals surface area contributed by atoms with Gasteiger partial charge in [0.25, 0.3) is 0 Å². The summed E-state index contributed by atoms with van der Waals surface area (Å²) >= 11 is 0. The lowest BCUT2D eigenvalue weighted by Crippen LogP contribution is -1.82. The van der Waals surface area contributed by atoms with Gasteiger partial charge < -0.3 is 14.4 Å². The van der Waals surface area contributed by atoms with Gasteiger partial charge in [0.2, 0.25) is 0 Å². The zero-order chi connectivity index (χ0) is 17.8. The van der Waals surface area contributed by atoms with Crippen molar-refractivity contribution in [2.24, 2.45) is 0 Å². The third-order valence-corrected chi connectivity index (χ3v) is 5.35. The van der Waals surface area contributed by atoms with Gasteiger partial charge in [-0.25, -0.2) is 0 Å². The van der Waals surface area contributed by atoms with E-state index in [9.17, 15) is 0 Å². The first kappa shape index (κ1) is 14.4. The lowest BCUT2D eigenvalue weighted by Gasteiger charge is -1.99. The highest BCUT2D eigenvalue weighted by molar-refractivity contribution is 6.07. The molecule has 6 aromatic rings. The molecule has 0 amide bonds. The maximum absolute atomic E-state index is 3.72. The number of hydrogen-bond donors (Lipinski definition) is 2. The summed E-state index contributed by atoms with van der Waals surface area (Å²) in [5, 5.41) is 3.69. The van der Waals surface area contributed by atoms with Crippen molar-refractivity contribution in [3.8, 4) is 22.6 Å². The Morgan fingerprint density at radius 2 is 1.41 bits per heavy atom. The number of fused-ring (bicyclic) bond motifs is 3. The summed E-state index contributed by atoms with van der Waals surface area (Å²) in [6.07, 6.45) is 4.20. The Morgan fingerprint density at radius 3 is 2.30 bits per heavy atom. The molecule has 0 radical (unpaired) electrons. The van der Waals surface area contributed by atoms with Gasteiger partial charge >= 0.3 is 0 Å². The molecule has 2 N–H and O–H groups in total. The van der Waals surface area contributed by atoms with Crippen molar-refractivity contribution >= 4 is 27.2 Å². The van der Waals surface area contributed by atoms with Crippen LogP contribution in [0.2, 0.25) is 0 Å². The lowest BCUT2D eigenvalue weighted by molar-refractivity contribution is 1.20. The first-order chi connectivity index (χ1) is 13.4. The summed E-state index contributed by atoms with van der Waals surface area (Å²) in [4.78, 5) is 7.28. The second-order valence-corrected chi connectivity index (χ2v) is 6.91. The number of hydrogen-bond acceptors (Lipinski definition) is 0. The molecule has 3 nitrogen and oxygen atoms in total. The van der Waals surface area contributed by atoms with Crippen molar-refractivity contribution in [2.45, 2.75) is 0 Å². The number of rotatable bonds is 2. The number of H-pyrrole nitrogens is 2. The SMILES string of the molecule is c1ccc2[nH]c(-c3[nH]c(-c4ccn5ccccc45)c4ccccc34)cc2c1. The Morgan fingerprint density at radius 1 is 0.630 bits per heavy atom. The minimum absolute atomic E-state index is 1.11. The molecule has 0 unspecified atom stereocenters. The van der Waals surface area contributed by atoms with Crippen LogP contribution < -0.4 is 0 Å². The van der Waals surface area contributed by atoms with Gasteiger partial charge in [-0.3, -0.25) is 0 Å². The van der Waals surface area contributed by atoms with Gasteiger partial charge in [-0.05, 0) is 30.3 Å². The number of nitrogens with one attached hydrogen (secondary N) is 2. The van der Waals surface area contributed by atoms with Crippen LogP contribution in [0.3, 0.4) is 0 Å². The minimum Gasteiger partial charge on any atom is -0.353 e. The molecular formula is C24H17N3. The molecule has 6 rings (SSSR count). The van der Waals surface area contributed by atoms with E-state index in [1.807, 2.05) is 0 Å². The third kappa shape index (κ3) is 2.09. The molecule has 0 fully saturated rings. The standard InChI is InChI=1S/C24H17N3/c1-4-10-20-16(7-1)15-21(25-20)24-18-9-3-2-8-17(18)23(26-24)19-12-14-27-13-6-5-11-22(19)27/h1-15,25-26H. The molecular weight excluding hydrogens is 330 g/mol. The zero-order valence-corrected chi connectivity index (χ0v) is 14.6. The van der Waals surface area contributed by atoms with Crippen LogP contribution in [0.15, 0.2) is 91.3 Å². The van der Waals surface area contributed by atoms with Crippen LogP contribution >= 0.6 is 0 Å². The molecule has 4 aromatic heterocycles. The van der Waals surface area contributed by atoms with E-state index in [0.717, 1.165) is 22.6 Å². The first-order valence-corrected chi connectivity index (χ1v) is 9.13. The van der Waals surface area contributed by atoms with Crippen LogP contribution in [0.4, 0.5) is 0 Å². The van der Waals surface area contributed by atoms with Gasteiger partial charge in [-0.2, -0.15) is 0 Å². The molecule has 3 heteroatoms. The number of aromatic amines is 2. The first-order valence-electron chi connectivity index (χ1n) is 9.13. The minimum atomic E-state index is 1.11. The number of para-hydroxylation sites is 1. The summed E-state index contributed by atoms with van der Waals surface area (Å²) in [6, 6.07) is 27.7. The maximum atomic E-state index is 3.72. The fourth-order valence-corrected chi connectivity index (χ4v) is 4.08. The second kappa shape index (κ2) is 5.39. The molecule has 27 heavy (non-hydrogen) atoms. The van der Waals surface area contributed by atoms with E-state index in [1.165, 1.54) is 27.2 Å². The Kier molecular flexibility index (Phi) is 2.88. The molecule has 0 bridgehead atoms. The normalized spacial score (nSPS) is 11.7. The molecule has 2 aromatic carbocycles. The van der Waals surface area contributed by atoms with Crippen molar-refractivity contribution in [2.75, 3.05) is 0 Å². The summed E-state index contributed by atoms with van der Waals surface area (Å²) < 4.78 is 2.16. The van der Waals surface area contributed by atoms with Crippen molar-refractivity contribution in [1.82, 2.24) is 14.4 Å². The van der Waals surface area contributed by atoms with Gasteiger partial charge in [0.1, 0.15) is 0 Å². The Balaban J connectivity index is 1.66. The van der Waals surface area contributed by atoms with E-state index in [0.29, 0.717) is 0 Å². The fourth-order valence-electron chi connectivity index (χ4n) is 4.08. The van der Waals surface area contributed by atoms with Crippen molar-refractivity contribution in [1.29, 1.82) is 0 Å². The van der Waals surface area contributed by atoms with E-state index in [1.54, 1.807) is 0 Å². The quantitative estimate of drug-likeness (QED) is 0.372. The summed E-state index contributed by atoms with van der Waals surface area (Å²) in [7, 11) is 0. The monoisotopic (exact) mass is 347 g/mol. The van der Waals surface area contributed by atoms with E-state index in [4.69, 9.17) is 0 Å². The average Bonchev–Trinajstić information content (AvgIpc) is 3.42. The Hall–Kier alpha value is -3.72. The number of benzene rings is 2. The molecule has 0 saturated carbocycles. The third-order valence-electron chi connectivity index (χ3n) is 5.35. The zero-order valence-electron chi connectivity index (χ0n) is 14.6. The molecule has 0 aliphatic rings. The number of aromatic nitrogens is 3. The van der Waals surface area contributed by atoms with E-state index >= 15 is 0 Å². The van der Waals surface area contributed by atoms with Gasteiger partial charge in [0.15, 0.2) is 0 Å². The number of nitrogens with zero attached hydrogens (tertiary/aromatic N) is 1. The Bertz CT molecular complexity index is 1400. The van der Waals surface area contributed by atoms with E-state index in [-0.39, 0.29) is 0 Å². The largest absolute Gasteiger partial charge is 0.353 e. The van der Waals surface area contributed by atoms with Crippen molar-refractivity contribution in [3.05, 3.63) is 91.3 Å². The Labute approximate surface area is 155 Å². The summed E-state index contributed by atoms with van der Waals surface area (Å²) in [5.74, 6) is 0. The van der Waals surface area contributed by atoms with Crippen LogP contribution in [-0.2, 0) is 0 Å². The molecule has 128 valence electrons. The van der Waals surface area contributed by atoms with Gasteiger partial charge in [0, 0.05) is 39.6 Å². The van der Waals surface area contributed by atoms with Gasteiger partial charge in [0.05, 0.1) is 22.6 Å². The van der Waals surface area contributed by atoms with E-state index in [2.05, 4.69) is 106 Å². The maximum Gasteiger partial charge on any atom is 0.0704 e. The smallest absolute Gasteiger partial charge is 0.0704 e. The van der Waals surface area contributed by atoms with Gasteiger partial charge in [-0.15, -0.1) is 0 Å². The van der Waals surface area contributed by atoms with Crippen LogP contribution in [0.5, 0.6) is 0 Å². The van der Waals surface area contributed by atoms with Crippen molar-refractivity contribution in [3.63, 3.8) is 0 Å². The second-order valence-electron chi connectivity index (χ2n) is 6.91. The van der Waals surface area contributed by atoms with Crippen molar-refractivity contribution < 1.29 is 0 Å². The predicted octanol–water partition coefficient (Wildman–Crippen LogP) is 6.24. The summed E-state index contributed by atoms with van der Waals surface area (Å²) in [6.45, 7) is 0. The van der Waals surface area contributed by atoms with Crippen LogP contribution in [-0.4, -0.2) is 14.4 Å². The average molecular weight is 347 g/mol. The van der Waals surface area contributed by atoms with Crippen LogP contribution in [0.1, 0.15) is 0 Å².